The van der Waals surface area contributed by atoms with Crippen LogP contribution >= 0.6 is 7.21 Å². The third-order valence-corrected chi connectivity index (χ3v) is 11.6. The summed E-state index contributed by atoms with van der Waals surface area (Å²) in [4.78, 5) is 47.4. The molecule has 0 aliphatic rings. The second-order valence-electron chi connectivity index (χ2n) is 8.66. The van der Waals surface area contributed by atoms with Gasteiger partial charge < -0.3 is 0 Å². The van der Waals surface area contributed by atoms with E-state index in [9.17, 15) is 30.0 Å². The standard InChI is InChI=1S/C22H32N3O6P/c1-15(2)23(16(3)4)32(30,31,17(5)19-11-7-9-13-21(19)24(26)27)18(6)20-12-8-10-14-22(20)25(28)29/h7-18,30-31H,1-6H3. The fraction of sp³-hybridized carbons (Fsp3) is 0.455. The summed E-state index contributed by atoms with van der Waals surface area (Å²) in [5.41, 5.74) is -2.25. The Morgan fingerprint density at radius 1 is 0.719 bits per heavy atom. The van der Waals surface area contributed by atoms with E-state index in [-0.39, 0.29) is 34.6 Å². The third-order valence-electron chi connectivity index (χ3n) is 6.18. The van der Waals surface area contributed by atoms with Gasteiger partial charge in [0.15, 0.2) is 0 Å². The van der Waals surface area contributed by atoms with Crippen molar-refractivity contribution in [1.29, 1.82) is 0 Å². The van der Waals surface area contributed by atoms with Gasteiger partial charge in [0.2, 0.25) is 0 Å². The van der Waals surface area contributed by atoms with Crippen molar-refractivity contribution in [3.05, 3.63) is 79.9 Å². The van der Waals surface area contributed by atoms with Gasteiger partial charge in [0.1, 0.15) is 0 Å². The van der Waals surface area contributed by atoms with Gasteiger partial charge in [0.05, 0.1) is 0 Å². The van der Waals surface area contributed by atoms with Crippen LogP contribution in [-0.4, -0.2) is 36.4 Å². The molecule has 0 aliphatic heterocycles. The number of benzene rings is 2. The maximum absolute atomic E-state index is 12.5. The Hall–Kier alpha value is -2.45. The Bertz CT molecular complexity index is 935. The van der Waals surface area contributed by atoms with Crippen LogP contribution in [0.1, 0.15) is 64.0 Å². The summed E-state index contributed by atoms with van der Waals surface area (Å²) in [6.45, 7) is 10.4. The van der Waals surface area contributed by atoms with Gasteiger partial charge in [0, 0.05) is 0 Å². The molecule has 0 radical (unpaired) electrons. The van der Waals surface area contributed by atoms with Gasteiger partial charge >= 0.3 is 188 Å². The summed E-state index contributed by atoms with van der Waals surface area (Å²) in [6.07, 6.45) is 0. The molecule has 0 saturated carbocycles. The fourth-order valence-corrected chi connectivity index (χ4v) is 9.69. The summed E-state index contributed by atoms with van der Waals surface area (Å²) in [5, 5.41) is 23.5. The molecule has 2 rings (SSSR count). The van der Waals surface area contributed by atoms with E-state index in [0.29, 0.717) is 0 Å². The molecule has 32 heavy (non-hydrogen) atoms. The average Bonchev–Trinajstić information content (AvgIpc) is 2.71. The van der Waals surface area contributed by atoms with Crippen LogP contribution in [0.5, 0.6) is 0 Å². The van der Waals surface area contributed by atoms with Gasteiger partial charge in [-0.2, -0.15) is 0 Å². The molecule has 0 heterocycles. The maximum atomic E-state index is 12.5. The molecular weight excluding hydrogens is 433 g/mol. The fourth-order valence-electron chi connectivity index (χ4n) is 4.83. The normalized spacial score (nSPS) is 15.4. The Morgan fingerprint density at radius 3 is 1.31 bits per heavy atom. The topological polar surface area (TPSA) is 130 Å². The van der Waals surface area contributed by atoms with Crippen LogP contribution < -0.4 is 0 Å². The van der Waals surface area contributed by atoms with Gasteiger partial charge in [0.25, 0.3) is 0 Å². The molecule has 0 aliphatic carbocycles. The average molecular weight is 465 g/mol. The molecule has 0 saturated heterocycles. The van der Waals surface area contributed by atoms with Crippen molar-refractivity contribution < 1.29 is 19.6 Å². The quantitative estimate of drug-likeness (QED) is 0.275. The van der Waals surface area contributed by atoms with Crippen LogP contribution in [0.15, 0.2) is 48.5 Å². The van der Waals surface area contributed by atoms with Crippen LogP contribution in [0.2, 0.25) is 0 Å². The van der Waals surface area contributed by atoms with Crippen LogP contribution in [0, 0.1) is 20.2 Å². The Kier molecular flexibility index (Phi) is 7.41. The summed E-state index contributed by atoms with van der Waals surface area (Å²) < 4.78 is 1.59. The number of hydrogen-bond donors (Lipinski definition) is 2. The Morgan fingerprint density at radius 2 is 1.03 bits per heavy atom. The van der Waals surface area contributed by atoms with Crippen molar-refractivity contribution in [3.8, 4) is 0 Å². The van der Waals surface area contributed by atoms with Gasteiger partial charge in [-0.1, -0.05) is 0 Å². The minimum absolute atomic E-state index is 0.178. The van der Waals surface area contributed by atoms with E-state index >= 15 is 0 Å². The molecular formula is C22H32N3O6P. The van der Waals surface area contributed by atoms with E-state index in [2.05, 4.69) is 0 Å². The van der Waals surface area contributed by atoms with Crippen LogP contribution in [0.3, 0.4) is 0 Å². The predicted octanol–water partition coefficient (Wildman–Crippen LogP) is 5.73. The van der Waals surface area contributed by atoms with E-state index in [4.69, 9.17) is 0 Å². The number of hydrogen-bond acceptors (Lipinski definition) is 7. The summed E-state index contributed by atoms with van der Waals surface area (Å²) in [7, 11) is -5.14. The van der Waals surface area contributed by atoms with Gasteiger partial charge in [-0.05, 0) is 0 Å². The molecule has 9 nitrogen and oxygen atoms in total. The number of nitro benzene ring substituents is 2. The van der Waals surface area contributed by atoms with E-state index in [0.717, 1.165) is 0 Å². The minimum atomic E-state index is -5.14. The van der Waals surface area contributed by atoms with Crippen molar-refractivity contribution in [1.82, 2.24) is 4.67 Å². The molecule has 0 amide bonds. The third kappa shape index (κ3) is 4.26. The molecule has 2 unspecified atom stereocenters. The Labute approximate surface area is 188 Å². The van der Waals surface area contributed by atoms with E-state index in [1.54, 1.807) is 30.7 Å². The van der Waals surface area contributed by atoms with Gasteiger partial charge in [-0.25, -0.2) is 0 Å². The molecule has 0 spiro atoms. The molecule has 2 aromatic rings. The van der Waals surface area contributed by atoms with Crippen molar-refractivity contribution in [3.63, 3.8) is 0 Å². The number of nitrogens with zero attached hydrogens (tertiary/aromatic N) is 3. The number of nitro groups is 2. The predicted molar refractivity (Wildman–Crippen MR) is 126 cm³/mol. The summed E-state index contributed by atoms with van der Waals surface area (Å²) >= 11 is 0. The van der Waals surface area contributed by atoms with Crippen molar-refractivity contribution in [2.24, 2.45) is 0 Å². The molecule has 176 valence electrons. The second kappa shape index (κ2) is 9.19. The zero-order chi connectivity index (χ0) is 24.5. The van der Waals surface area contributed by atoms with Crippen molar-refractivity contribution in [2.75, 3.05) is 0 Å². The summed E-state index contributed by atoms with van der Waals surface area (Å²) in [6, 6.07) is 11.2. The zero-order valence-corrected chi connectivity index (χ0v) is 20.1. The Balaban J connectivity index is 2.92. The monoisotopic (exact) mass is 465 g/mol. The second-order valence-corrected chi connectivity index (χ2v) is 12.9. The van der Waals surface area contributed by atoms with Crippen LogP contribution in [0.25, 0.3) is 0 Å². The molecule has 2 N–H and O–H groups in total. The van der Waals surface area contributed by atoms with Crippen LogP contribution in [0.4, 0.5) is 11.4 Å². The van der Waals surface area contributed by atoms with E-state index in [1.165, 1.54) is 36.4 Å². The SMILES string of the molecule is CC(C)N(C(C)C)P(O)(O)(C(C)c1ccccc1[N+](=O)[O-])C(C)c1ccccc1[N+](=O)[O-]. The molecule has 2 atom stereocenters. The molecule has 0 bridgehead atoms. The number of rotatable bonds is 9. The van der Waals surface area contributed by atoms with Crippen LogP contribution in [-0.2, 0) is 0 Å². The van der Waals surface area contributed by atoms with Crippen molar-refractivity contribution in [2.45, 2.75) is 64.9 Å². The van der Waals surface area contributed by atoms with Gasteiger partial charge in [-0.3, -0.25) is 0 Å². The first-order valence-corrected chi connectivity index (χ1v) is 12.7. The van der Waals surface area contributed by atoms with Crippen molar-refractivity contribution >= 4 is 18.6 Å². The molecule has 2 aromatic carbocycles. The number of para-hydroxylation sites is 2. The van der Waals surface area contributed by atoms with E-state index in [1.807, 2.05) is 27.7 Å². The zero-order valence-electron chi connectivity index (χ0n) is 19.2. The molecule has 0 aromatic heterocycles. The first-order valence-electron chi connectivity index (χ1n) is 10.5. The molecule has 0 fully saturated rings. The summed E-state index contributed by atoms with van der Waals surface area (Å²) in [5.74, 6) is 0. The van der Waals surface area contributed by atoms with Gasteiger partial charge in [-0.15, -0.1) is 0 Å². The van der Waals surface area contributed by atoms with E-state index < -0.39 is 28.4 Å². The molecule has 10 heteroatoms. The first kappa shape index (κ1) is 25.8. The first-order chi connectivity index (χ1) is 14.7.